The summed E-state index contributed by atoms with van der Waals surface area (Å²) >= 11 is 0. The number of hydrogen-bond acceptors (Lipinski definition) is 3. The average molecular weight is 248 g/mol. The molecule has 0 aliphatic rings. The van der Waals surface area contributed by atoms with Crippen LogP contribution in [0.2, 0.25) is 0 Å². The highest BCUT2D eigenvalue weighted by molar-refractivity contribution is 7.86. The molecular weight excluding hydrogens is 240 g/mol. The number of nitrogens with one attached hydrogen (secondary N) is 1. The molecule has 0 radical (unpaired) electrons. The van der Waals surface area contributed by atoms with Crippen molar-refractivity contribution in [2.45, 2.75) is 4.90 Å². The molecule has 0 aliphatic carbocycles. The summed E-state index contributed by atoms with van der Waals surface area (Å²) in [4.78, 5) is 6.91. The highest BCUT2D eigenvalue weighted by Gasteiger charge is 2.16. The van der Waals surface area contributed by atoms with E-state index in [1.165, 1.54) is 6.20 Å². The number of aromatic amines is 1. The number of pyridine rings is 1. The SMILES string of the molecule is O=S(=O)(O)c1c[nH]c2c1ccc1cccnc12. The summed E-state index contributed by atoms with van der Waals surface area (Å²) in [5.74, 6) is 0. The predicted molar refractivity (Wildman–Crippen MR) is 63.4 cm³/mol. The van der Waals surface area contributed by atoms with Crippen LogP contribution in [0.1, 0.15) is 0 Å². The van der Waals surface area contributed by atoms with E-state index in [-0.39, 0.29) is 4.90 Å². The van der Waals surface area contributed by atoms with Crippen molar-refractivity contribution in [1.82, 2.24) is 9.97 Å². The van der Waals surface area contributed by atoms with Gasteiger partial charge in [-0.05, 0) is 6.07 Å². The number of rotatable bonds is 1. The summed E-state index contributed by atoms with van der Waals surface area (Å²) in [6.07, 6.45) is 2.91. The number of nitrogens with zero attached hydrogens (tertiary/aromatic N) is 1. The van der Waals surface area contributed by atoms with Gasteiger partial charge in [-0.15, -0.1) is 0 Å². The van der Waals surface area contributed by atoms with Gasteiger partial charge in [0, 0.05) is 23.2 Å². The molecule has 2 N–H and O–H groups in total. The van der Waals surface area contributed by atoms with Crippen LogP contribution in [0.5, 0.6) is 0 Å². The van der Waals surface area contributed by atoms with Gasteiger partial charge in [0.15, 0.2) is 0 Å². The maximum atomic E-state index is 11.2. The van der Waals surface area contributed by atoms with Crippen LogP contribution in [0.25, 0.3) is 21.8 Å². The summed E-state index contributed by atoms with van der Waals surface area (Å²) in [6, 6.07) is 7.11. The van der Waals surface area contributed by atoms with E-state index in [0.717, 1.165) is 5.39 Å². The molecule has 1 aromatic carbocycles. The van der Waals surface area contributed by atoms with Crippen molar-refractivity contribution in [1.29, 1.82) is 0 Å². The van der Waals surface area contributed by atoms with Crippen LogP contribution in [0.15, 0.2) is 41.6 Å². The molecule has 0 spiro atoms. The fourth-order valence-electron chi connectivity index (χ4n) is 1.93. The third-order valence-corrected chi connectivity index (χ3v) is 3.56. The Labute approximate surface area is 96.9 Å². The zero-order valence-electron chi connectivity index (χ0n) is 8.58. The van der Waals surface area contributed by atoms with E-state index in [2.05, 4.69) is 9.97 Å². The van der Waals surface area contributed by atoms with Crippen LogP contribution in [-0.4, -0.2) is 22.9 Å². The molecule has 5 nitrogen and oxygen atoms in total. The Bertz CT molecular complexity index is 821. The fraction of sp³-hybridized carbons (Fsp3) is 0. The Hall–Kier alpha value is -1.92. The van der Waals surface area contributed by atoms with E-state index in [0.29, 0.717) is 16.4 Å². The molecule has 6 heteroatoms. The lowest BCUT2D eigenvalue weighted by atomic mass is 10.1. The van der Waals surface area contributed by atoms with E-state index < -0.39 is 10.1 Å². The summed E-state index contributed by atoms with van der Waals surface area (Å²) < 4.78 is 31.4. The molecule has 2 aromatic heterocycles. The van der Waals surface area contributed by atoms with Crippen LogP contribution >= 0.6 is 0 Å². The van der Waals surface area contributed by atoms with Gasteiger partial charge in [0.1, 0.15) is 4.90 Å². The first kappa shape index (κ1) is 10.2. The van der Waals surface area contributed by atoms with E-state index in [1.807, 2.05) is 6.07 Å². The van der Waals surface area contributed by atoms with E-state index >= 15 is 0 Å². The van der Waals surface area contributed by atoms with E-state index in [9.17, 15) is 8.42 Å². The number of fused-ring (bicyclic) bond motifs is 3. The molecule has 0 amide bonds. The van der Waals surface area contributed by atoms with Gasteiger partial charge in [0.2, 0.25) is 0 Å². The van der Waals surface area contributed by atoms with E-state index in [1.54, 1.807) is 24.4 Å². The van der Waals surface area contributed by atoms with E-state index in [4.69, 9.17) is 4.55 Å². The van der Waals surface area contributed by atoms with Crippen molar-refractivity contribution in [2.75, 3.05) is 0 Å². The minimum atomic E-state index is -4.21. The first-order valence-corrected chi connectivity index (χ1v) is 6.34. The van der Waals surface area contributed by atoms with Gasteiger partial charge in [-0.3, -0.25) is 9.54 Å². The third-order valence-electron chi connectivity index (χ3n) is 2.67. The molecule has 0 bridgehead atoms. The highest BCUT2D eigenvalue weighted by Crippen LogP contribution is 2.27. The molecule has 0 saturated carbocycles. The second-order valence-corrected chi connectivity index (χ2v) is 5.08. The summed E-state index contributed by atoms with van der Waals surface area (Å²) in [6.45, 7) is 0. The third kappa shape index (κ3) is 1.49. The first-order chi connectivity index (χ1) is 8.07. The number of hydrogen-bond donors (Lipinski definition) is 2. The maximum Gasteiger partial charge on any atom is 0.296 e. The summed E-state index contributed by atoms with van der Waals surface area (Å²) in [5.41, 5.74) is 1.29. The molecule has 3 rings (SSSR count). The van der Waals surface area contributed by atoms with Gasteiger partial charge in [0.05, 0.1) is 11.0 Å². The van der Waals surface area contributed by atoms with Gasteiger partial charge in [-0.25, -0.2) is 0 Å². The highest BCUT2D eigenvalue weighted by atomic mass is 32.2. The molecule has 3 aromatic rings. The van der Waals surface area contributed by atoms with Crippen LogP contribution in [0.3, 0.4) is 0 Å². The van der Waals surface area contributed by atoms with Crippen LogP contribution in [0.4, 0.5) is 0 Å². The molecule has 0 aliphatic heterocycles. The van der Waals surface area contributed by atoms with Crippen LogP contribution in [0, 0.1) is 0 Å². The molecular formula is C11H8N2O3S. The molecule has 0 saturated heterocycles. The number of benzene rings is 1. The molecule has 17 heavy (non-hydrogen) atoms. The molecule has 0 atom stereocenters. The van der Waals surface area contributed by atoms with Crippen molar-refractivity contribution in [3.05, 3.63) is 36.7 Å². The summed E-state index contributed by atoms with van der Waals surface area (Å²) in [7, 11) is -4.21. The number of H-pyrrole nitrogens is 1. The lowest BCUT2D eigenvalue weighted by Gasteiger charge is -1.98. The second-order valence-electron chi connectivity index (χ2n) is 3.69. The van der Waals surface area contributed by atoms with Crippen LogP contribution < -0.4 is 0 Å². The lowest BCUT2D eigenvalue weighted by molar-refractivity contribution is 0.484. The Morgan fingerprint density at radius 3 is 2.82 bits per heavy atom. The Morgan fingerprint density at radius 2 is 2.06 bits per heavy atom. The zero-order chi connectivity index (χ0) is 12.0. The van der Waals surface area contributed by atoms with Gasteiger partial charge < -0.3 is 4.98 Å². The first-order valence-electron chi connectivity index (χ1n) is 4.90. The normalized spacial score (nSPS) is 12.3. The van der Waals surface area contributed by atoms with Crippen molar-refractivity contribution >= 4 is 31.9 Å². The van der Waals surface area contributed by atoms with Crippen molar-refractivity contribution < 1.29 is 13.0 Å². The maximum absolute atomic E-state index is 11.2. The fourth-order valence-corrected chi connectivity index (χ4v) is 2.58. The zero-order valence-corrected chi connectivity index (χ0v) is 9.40. The molecule has 0 unspecified atom stereocenters. The van der Waals surface area contributed by atoms with Crippen LogP contribution in [-0.2, 0) is 10.1 Å². The Kier molecular flexibility index (Phi) is 1.98. The molecule has 0 fully saturated rings. The number of aromatic nitrogens is 2. The topological polar surface area (TPSA) is 83.0 Å². The molecule has 2 heterocycles. The van der Waals surface area contributed by atoms with Gasteiger partial charge in [-0.2, -0.15) is 8.42 Å². The second kappa shape index (κ2) is 3.28. The predicted octanol–water partition coefficient (Wildman–Crippen LogP) is 1.96. The molecule has 86 valence electrons. The lowest BCUT2D eigenvalue weighted by Crippen LogP contribution is -1.96. The van der Waals surface area contributed by atoms with Gasteiger partial charge in [0.25, 0.3) is 10.1 Å². The largest absolute Gasteiger partial charge is 0.358 e. The van der Waals surface area contributed by atoms with Crippen molar-refractivity contribution in [3.8, 4) is 0 Å². The quantitative estimate of drug-likeness (QED) is 0.645. The van der Waals surface area contributed by atoms with Crippen molar-refractivity contribution in [2.24, 2.45) is 0 Å². The Balaban J connectivity index is 2.52. The minimum Gasteiger partial charge on any atom is -0.358 e. The monoisotopic (exact) mass is 248 g/mol. The smallest absolute Gasteiger partial charge is 0.296 e. The summed E-state index contributed by atoms with van der Waals surface area (Å²) in [5, 5.41) is 1.35. The van der Waals surface area contributed by atoms with Gasteiger partial charge in [-0.1, -0.05) is 18.2 Å². The van der Waals surface area contributed by atoms with Crippen molar-refractivity contribution in [3.63, 3.8) is 0 Å². The standard InChI is InChI=1S/C11H8N2O3S/c14-17(15,16)9-6-13-11-8(9)4-3-7-2-1-5-12-10(7)11/h1-6,13H,(H,14,15,16). The average Bonchev–Trinajstić information content (AvgIpc) is 2.72. The van der Waals surface area contributed by atoms with Gasteiger partial charge >= 0.3 is 0 Å². The minimum absolute atomic E-state index is 0.125. The Morgan fingerprint density at radius 1 is 1.24 bits per heavy atom.